The van der Waals surface area contributed by atoms with Gasteiger partial charge in [0.05, 0.1) is 21.5 Å². The van der Waals surface area contributed by atoms with Gasteiger partial charge < -0.3 is 10.4 Å². The monoisotopic (exact) mass is 443 g/mol. The Morgan fingerprint density at radius 2 is 1.69 bits per heavy atom. The Kier molecular flexibility index (Phi) is 4.91. The number of fused-ring (bicyclic) bond motifs is 1. The SMILES string of the molecule is O=C(Nc1ccc(O)c(-c2nc3ccccc3s2)c1)c1ccc(N2C(=O)CCC2=O)cc1. The number of para-hydroxylation sites is 1. The fourth-order valence-electron chi connectivity index (χ4n) is 3.60. The number of phenolic OH excluding ortho intramolecular Hbond substituents is 1. The van der Waals surface area contributed by atoms with E-state index in [2.05, 4.69) is 10.3 Å². The lowest BCUT2D eigenvalue weighted by atomic mass is 10.1. The first-order chi connectivity index (χ1) is 15.5. The maximum atomic E-state index is 12.7. The predicted molar refractivity (Wildman–Crippen MR) is 123 cm³/mol. The number of rotatable bonds is 4. The highest BCUT2D eigenvalue weighted by Crippen LogP contribution is 2.36. The van der Waals surface area contributed by atoms with Crippen molar-refractivity contribution in [3.05, 3.63) is 72.3 Å². The largest absolute Gasteiger partial charge is 0.507 e. The molecule has 0 aliphatic carbocycles. The molecule has 32 heavy (non-hydrogen) atoms. The van der Waals surface area contributed by atoms with Gasteiger partial charge in [-0.05, 0) is 54.6 Å². The second-order valence-electron chi connectivity index (χ2n) is 7.34. The van der Waals surface area contributed by atoms with E-state index in [1.807, 2.05) is 24.3 Å². The van der Waals surface area contributed by atoms with Crippen molar-refractivity contribution in [1.29, 1.82) is 0 Å². The molecule has 0 spiro atoms. The normalized spacial score (nSPS) is 13.7. The van der Waals surface area contributed by atoms with Crippen LogP contribution >= 0.6 is 11.3 Å². The second kappa shape index (κ2) is 7.90. The van der Waals surface area contributed by atoms with Crippen LogP contribution in [0.4, 0.5) is 11.4 Å². The summed E-state index contributed by atoms with van der Waals surface area (Å²) in [5, 5.41) is 13.8. The number of nitrogens with zero attached hydrogens (tertiary/aromatic N) is 2. The van der Waals surface area contributed by atoms with Crippen molar-refractivity contribution in [3.63, 3.8) is 0 Å². The Labute approximate surface area is 186 Å². The van der Waals surface area contributed by atoms with Crippen LogP contribution < -0.4 is 10.2 Å². The van der Waals surface area contributed by atoms with E-state index in [9.17, 15) is 19.5 Å². The second-order valence-corrected chi connectivity index (χ2v) is 8.37. The average Bonchev–Trinajstić information content (AvgIpc) is 3.38. The van der Waals surface area contributed by atoms with Crippen LogP contribution in [0.15, 0.2) is 66.7 Å². The van der Waals surface area contributed by atoms with Gasteiger partial charge in [-0.25, -0.2) is 4.98 Å². The number of carbonyl (C=O) groups is 3. The smallest absolute Gasteiger partial charge is 0.255 e. The minimum atomic E-state index is -0.350. The summed E-state index contributed by atoms with van der Waals surface area (Å²) in [6.45, 7) is 0. The van der Waals surface area contributed by atoms with Gasteiger partial charge in [-0.15, -0.1) is 11.3 Å². The van der Waals surface area contributed by atoms with Crippen LogP contribution in [0.1, 0.15) is 23.2 Å². The molecule has 0 radical (unpaired) electrons. The standard InChI is InChI=1S/C24H17N3O4S/c28-19-10-7-15(13-17(19)24-26-18-3-1-2-4-20(18)32-24)25-23(31)14-5-8-16(9-6-14)27-21(29)11-12-22(27)30/h1-10,13,28H,11-12H2,(H,25,31). The Balaban J connectivity index is 1.37. The van der Waals surface area contributed by atoms with Crippen molar-refractivity contribution in [2.45, 2.75) is 12.8 Å². The number of thiazole rings is 1. The molecule has 0 atom stereocenters. The van der Waals surface area contributed by atoms with Crippen LogP contribution in [0.5, 0.6) is 5.75 Å². The van der Waals surface area contributed by atoms with Gasteiger partial charge in [0.1, 0.15) is 10.8 Å². The molecule has 7 nitrogen and oxygen atoms in total. The number of carbonyl (C=O) groups excluding carboxylic acids is 3. The number of phenols is 1. The van der Waals surface area contributed by atoms with Crippen molar-refractivity contribution >= 4 is 50.6 Å². The van der Waals surface area contributed by atoms with Gasteiger partial charge in [-0.2, -0.15) is 0 Å². The third-order valence-corrected chi connectivity index (χ3v) is 6.29. The Hall–Kier alpha value is -4.04. The fourth-order valence-corrected chi connectivity index (χ4v) is 4.59. The van der Waals surface area contributed by atoms with E-state index >= 15 is 0 Å². The molecular weight excluding hydrogens is 426 g/mol. The summed E-state index contributed by atoms with van der Waals surface area (Å²) in [6, 6.07) is 18.8. The molecule has 5 rings (SSSR count). The minimum Gasteiger partial charge on any atom is -0.507 e. The molecule has 2 N–H and O–H groups in total. The molecule has 158 valence electrons. The summed E-state index contributed by atoms with van der Waals surface area (Å²) >= 11 is 1.46. The van der Waals surface area contributed by atoms with E-state index in [1.165, 1.54) is 17.4 Å². The van der Waals surface area contributed by atoms with Gasteiger partial charge in [0.25, 0.3) is 5.91 Å². The summed E-state index contributed by atoms with van der Waals surface area (Å²) < 4.78 is 1.01. The lowest BCUT2D eigenvalue weighted by Crippen LogP contribution is -2.28. The van der Waals surface area contributed by atoms with Crippen molar-refractivity contribution in [2.24, 2.45) is 0 Å². The number of hydrogen-bond acceptors (Lipinski definition) is 6. The zero-order valence-electron chi connectivity index (χ0n) is 16.7. The summed E-state index contributed by atoms with van der Waals surface area (Å²) in [7, 11) is 0. The highest BCUT2D eigenvalue weighted by Gasteiger charge is 2.30. The maximum Gasteiger partial charge on any atom is 0.255 e. The maximum absolute atomic E-state index is 12.7. The van der Waals surface area contributed by atoms with E-state index in [-0.39, 0.29) is 36.3 Å². The predicted octanol–water partition coefficient (Wildman–Crippen LogP) is 4.57. The highest BCUT2D eigenvalue weighted by molar-refractivity contribution is 7.21. The molecule has 4 aromatic rings. The van der Waals surface area contributed by atoms with Crippen molar-refractivity contribution < 1.29 is 19.5 Å². The summed E-state index contributed by atoms with van der Waals surface area (Å²) in [6.07, 6.45) is 0.415. The van der Waals surface area contributed by atoms with Crippen LogP contribution in [0.3, 0.4) is 0 Å². The van der Waals surface area contributed by atoms with Crippen molar-refractivity contribution in [1.82, 2.24) is 4.98 Å². The number of aromatic hydroxyl groups is 1. The van der Waals surface area contributed by atoms with E-state index in [1.54, 1.807) is 36.4 Å². The molecule has 1 aromatic heterocycles. The molecule has 8 heteroatoms. The van der Waals surface area contributed by atoms with Crippen molar-refractivity contribution in [3.8, 4) is 16.3 Å². The number of anilines is 2. The van der Waals surface area contributed by atoms with Gasteiger partial charge in [0.15, 0.2) is 0 Å². The number of imide groups is 1. The van der Waals surface area contributed by atoms with E-state index < -0.39 is 0 Å². The molecule has 3 amide bonds. The van der Waals surface area contributed by atoms with Gasteiger partial charge in [-0.3, -0.25) is 19.3 Å². The first kappa shape index (κ1) is 19.9. The minimum absolute atomic E-state index is 0.0753. The van der Waals surface area contributed by atoms with E-state index in [0.717, 1.165) is 15.1 Å². The third-order valence-electron chi connectivity index (χ3n) is 5.22. The number of amides is 3. The first-order valence-corrected chi connectivity index (χ1v) is 10.8. The Morgan fingerprint density at radius 3 is 2.41 bits per heavy atom. The van der Waals surface area contributed by atoms with Crippen LogP contribution in [0.25, 0.3) is 20.8 Å². The number of aromatic nitrogens is 1. The van der Waals surface area contributed by atoms with Gasteiger partial charge in [-0.1, -0.05) is 12.1 Å². The quantitative estimate of drug-likeness (QED) is 0.355. The number of nitrogens with one attached hydrogen (secondary N) is 1. The molecule has 1 aliphatic heterocycles. The summed E-state index contributed by atoms with van der Waals surface area (Å²) in [4.78, 5) is 42.2. The molecule has 1 aliphatic rings. The number of benzene rings is 3. The molecule has 1 fully saturated rings. The molecule has 1 saturated heterocycles. The topological polar surface area (TPSA) is 99.6 Å². The van der Waals surface area contributed by atoms with Gasteiger partial charge in [0, 0.05) is 24.1 Å². The third kappa shape index (κ3) is 3.61. The fraction of sp³-hybridized carbons (Fsp3) is 0.0833. The Morgan fingerprint density at radius 1 is 0.969 bits per heavy atom. The van der Waals surface area contributed by atoms with E-state index in [4.69, 9.17) is 0 Å². The number of hydrogen-bond donors (Lipinski definition) is 2. The Bertz CT molecular complexity index is 1330. The van der Waals surface area contributed by atoms with Gasteiger partial charge in [0.2, 0.25) is 11.8 Å². The lowest BCUT2D eigenvalue weighted by molar-refractivity contribution is -0.121. The van der Waals surface area contributed by atoms with Crippen LogP contribution in [0, 0.1) is 0 Å². The molecule has 0 saturated carbocycles. The average molecular weight is 443 g/mol. The van der Waals surface area contributed by atoms with Crippen LogP contribution in [-0.4, -0.2) is 27.8 Å². The van der Waals surface area contributed by atoms with Crippen LogP contribution in [-0.2, 0) is 9.59 Å². The molecule has 0 bridgehead atoms. The zero-order chi connectivity index (χ0) is 22.2. The summed E-state index contributed by atoms with van der Waals surface area (Å²) in [5.74, 6) is -0.750. The van der Waals surface area contributed by atoms with Crippen molar-refractivity contribution in [2.75, 3.05) is 10.2 Å². The molecule has 3 aromatic carbocycles. The van der Waals surface area contributed by atoms with E-state index in [0.29, 0.717) is 27.5 Å². The molecule has 0 unspecified atom stereocenters. The first-order valence-electron chi connectivity index (χ1n) is 9.96. The summed E-state index contributed by atoms with van der Waals surface area (Å²) in [5.41, 5.74) is 2.72. The van der Waals surface area contributed by atoms with Gasteiger partial charge >= 0.3 is 0 Å². The molecule has 2 heterocycles. The van der Waals surface area contributed by atoms with Crippen LogP contribution in [0.2, 0.25) is 0 Å². The highest BCUT2D eigenvalue weighted by atomic mass is 32.1. The lowest BCUT2D eigenvalue weighted by Gasteiger charge is -2.14. The zero-order valence-corrected chi connectivity index (χ0v) is 17.6. The molecular formula is C24H17N3O4S.